The lowest BCUT2D eigenvalue weighted by Gasteiger charge is -2.32. The van der Waals surface area contributed by atoms with Crippen molar-refractivity contribution >= 4 is 12.6 Å². The second kappa shape index (κ2) is 6.04. The van der Waals surface area contributed by atoms with Crippen molar-refractivity contribution in [3.05, 3.63) is 29.8 Å². The third-order valence-electron chi connectivity index (χ3n) is 6.03. The molecule has 3 fully saturated rings. The Morgan fingerprint density at radius 2 is 1.42 bits per heavy atom. The zero-order valence-corrected chi connectivity index (χ0v) is 16.6. The normalized spacial score (nSPS) is 34.7. The quantitative estimate of drug-likeness (QED) is 0.759. The first kappa shape index (κ1) is 18.4. The monoisotopic (exact) mass is 360 g/mol. The van der Waals surface area contributed by atoms with Gasteiger partial charge in [0.1, 0.15) is 6.10 Å². The van der Waals surface area contributed by atoms with E-state index in [1.807, 2.05) is 13.8 Å². The van der Waals surface area contributed by atoms with E-state index in [2.05, 4.69) is 52.0 Å². The maximum absolute atomic E-state index is 6.13. The van der Waals surface area contributed by atoms with Crippen LogP contribution in [0.15, 0.2) is 24.3 Å². The van der Waals surface area contributed by atoms with Gasteiger partial charge in [0.2, 0.25) is 0 Å². The summed E-state index contributed by atoms with van der Waals surface area (Å²) in [7, 11) is -0.335. The van der Waals surface area contributed by atoms with Gasteiger partial charge in [-0.25, -0.2) is 0 Å². The van der Waals surface area contributed by atoms with Gasteiger partial charge in [-0.1, -0.05) is 24.3 Å². The predicted octanol–water partition coefficient (Wildman–Crippen LogP) is 2.97. The molecule has 3 heterocycles. The Labute approximate surface area is 156 Å². The fourth-order valence-corrected chi connectivity index (χ4v) is 3.82. The van der Waals surface area contributed by atoms with Gasteiger partial charge in [0, 0.05) is 6.42 Å². The van der Waals surface area contributed by atoms with Crippen molar-refractivity contribution in [1.29, 1.82) is 0 Å². The summed E-state index contributed by atoms with van der Waals surface area (Å²) in [4.78, 5) is 0. The third kappa shape index (κ3) is 3.23. The van der Waals surface area contributed by atoms with Crippen LogP contribution in [0.4, 0.5) is 0 Å². The van der Waals surface area contributed by atoms with Crippen LogP contribution in [0.5, 0.6) is 0 Å². The molecular formula is C20H29BO5. The smallest absolute Gasteiger partial charge is 0.399 e. The minimum atomic E-state index is -0.520. The number of hydrogen-bond donors (Lipinski definition) is 0. The molecule has 142 valence electrons. The summed E-state index contributed by atoms with van der Waals surface area (Å²) < 4.78 is 30.2. The lowest BCUT2D eigenvalue weighted by molar-refractivity contribution is -0.146. The van der Waals surface area contributed by atoms with Crippen molar-refractivity contribution in [2.24, 2.45) is 0 Å². The molecule has 0 saturated carbocycles. The highest BCUT2D eigenvalue weighted by molar-refractivity contribution is 6.62. The molecule has 0 amide bonds. The summed E-state index contributed by atoms with van der Waals surface area (Å²) in [5.74, 6) is -0.520. The molecule has 6 heteroatoms. The van der Waals surface area contributed by atoms with Gasteiger partial charge in [-0.05, 0) is 52.6 Å². The molecule has 0 aliphatic carbocycles. The molecule has 3 atom stereocenters. The fourth-order valence-electron chi connectivity index (χ4n) is 3.82. The molecule has 0 bridgehead atoms. The van der Waals surface area contributed by atoms with Crippen molar-refractivity contribution in [2.45, 2.75) is 83.3 Å². The van der Waals surface area contributed by atoms with Crippen molar-refractivity contribution in [1.82, 2.24) is 0 Å². The maximum Gasteiger partial charge on any atom is 0.494 e. The summed E-state index contributed by atoms with van der Waals surface area (Å²) in [5, 5.41) is 0. The van der Waals surface area contributed by atoms with Crippen LogP contribution in [0.2, 0.25) is 0 Å². The Hall–Kier alpha value is -0.915. The molecular weight excluding hydrogens is 331 g/mol. The van der Waals surface area contributed by atoms with Crippen LogP contribution in [0.25, 0.3) is 0 Å². The van der Waals surface area contributed by atoms with Gasteiger partial charge in [-0.3, -0.25) is 0 Å². The van der Waals surface area contributed by atoms with E-state index < -0.39 is 5.79 Å². The Kier molecular flexibility index (Phi) is 4.29. The van der Waals surface area contributed by atoms with Crippen molar-refractivity contribution < 1.29 is 23.5 Å². The van der Waals surface area contributed by atoms with Gasteiger partial charge >= 0.3 is 7.12 Å². The number of benzene rings is 1. The van der Waals surface area contributed by atoms with E-state index >= 15 is 0 Å². The van der Waals surface area contributed by atoms with Gasteiger partial charge in [-0.15, -0.1) is 0 Å². The van der Waals surface area contributed by atoms with Gasteiger partial charge in [-0.2, -0.15) is 0 Å². The van der Waals surface area contributed by atoms with Gasteiger partial charge < -0.3 is 23.5 Å². The lowest BCUT2D eigenvalue weighted by Crippen LogP contribution is -2.41. The highest BCUT2D eigenvalue weighted by Crippen LogP contribution is 2.39. The largest absolute Gasteiger partial charge is 0.494 e. The number of hydrogen-bond acceptors (Lipinski definition) is 5. The molecule has 3 aliphatic rings. The first-order valence-corrected chi connectivity index (χ1v) is 9.49. The highest BCUT2D eigenvalue weighted by atomic mass is 16.8. The van der Waals surface area contributed by atoms with Crippen LogP contribution in [-0.2, 0) is 23.5 Å². The lowest BCUT2D eigenvalue weighted by atomic mass is 9.78. The topological polar surface area (TPSA) is 46.2 Å². The van der Waals surface area contributed by atoms with Gasteiger partial charge in [0.15, 0.2) is 5.79 Å². The second-order valence-corrected chi connectivity index (χ2v) is 9.03. The van der Waals surface area contributed by atoms with Crippen molar-refractivity contribution in [3.63, 3.8) is 0 Å². The molecule has 0 unspecified atom stereocenters. The average molecular weight is 360 g/mol. The molecule has 3 saturated heterocycles. The molecule has 5 nitrogen and oxygen atoms in total. The van der Waals surface area contributed by atoms with Crippen molar-refractivity contribution in [3.8, 4) is 0 Å². The number of ether oxygens (including phenoxy) is 3. The molecule has 26 heavy (non-hydrogen) atoms. The molecule has 3 aliphatic heterocycles. The van der Waals surface area contributed by atoms with E-state index in [9.17, 15) is 0 Å². The summed E-state index contributed by atoms with van der Waals surface area (Å²) in [5.41, 5.74) is 1.52. The van der Waals surface area contributed by atoms with Crippen LogP contribution >= 0.6 is 0 Å². The van der Waals surface area contributed by atoms with E-state index in [1.165, 1.54) is 0 Å². The number of fused-ring (bicyclic) bond motifs is 1. The average Bonchev–Trinajstić information content (AvgIpc) is 2.97. The molecule has 1 aromatic rings. The van der Waals surface area contributed by atoms with Gasteiger partial charge in [0.25, 0.3) is 0 Å². The zero-order valence-electron chi connectivity index (χ0n) is 16.6. The standard InChI is InChI=1S/C20H29BO5/c1-18(2)19(3,4)26-21(25-18)14-9-7-13(8-10-14)15-11-16-17(12-22-15)24-20(5,6)23-16/h7-10,15-17H,11-12H2,1-6H3/t15-,16-,17+/m1/s1. The predicted molar refractivity (Wildman–Crippen MR) is 99.3 cm³/mol. The van der Waals surface area contributed by atoms with Crippen LogP contribution < -0.4 is 5.46 Å². The van der Waals surface area contributed by atoms with Crippen LogP contribution in [-0.4, -0.2) is 42.9 Å². The summed E-state index contributed by atoms with van der Waals surface area (Å²) in [6, 6.07) is 8.35. The van der Waals surface area contributed by atoms with E-state index in [-0.39, 0.29) is 36.6 Å². The van der Waals surface area contributed by atoms with E-state index in [4.69, 9.17) is 23.5 Å². The molecule has 4 rings (SSSR count). The van der Waals surface area contributed by atoms with Crippen LogP contribution in [0.1, 0.15) is 59.6 Å². The minimum absolute atomic E-state index is 0.0288. The Morgan fingerprint density at radius 3 is 2.04 bits per heavy atom. The molecule has 0 radical (unpaired) electrons. The molecule has 0 aromatic heterocycles. The summed E-state index contributed by atoms with van der Waals surface area (Å²) in [6.45, 7) is 12.8. The molecule has 0 spiro atoms. The van der Waals surface area contributed by atoms with E-state index in [1.54, 1.807) is 0 Å². The van der Waals surface area contributed by atoms with Gasteiger partial charge in [0.05, 0.1) is 30.0 Å². The van der Waals surface area contributed by atoms with Crippen molar-refractivity contribution in [2.75, 3.05) is 6.61 Å². The summed E-state index contributed by atoms with van der Waals surface area (Å²) in [6.07, 6.45) is 0.960. The van der Waals surface area contributed by atoms with E-state index in [0.717, 1.165) is 17.4 Å². The van der Waals surface area contributed by atoms with Crippen LogP contribution in [0.3, 0.4) is 0 Å². The Morgan fingerprint density at radius 1 is 0.846 bits per heavy atom. The number of rotatable bonds is 2. The SMILES string of the molecule is CC1(C)O[C@H]2CO[C@@H](c3ccc(B4OC(C)(C)C(C)(C)O4)cc3)C[C@H]2O1. The van der Waals surface area contributed by atoms with Crippen LogP contribution in [0, 0.1) is 0 Å². The minimum Gasteiger partial charge on any atom is -0.399 e. The summed E-state index contributed by atoms with van der Waals surface area (Å²) >= 11 is 0. The first-order valence-electron chi connectivity index (χ1n) is 9.49. The zero-order chi connectivity index (χ0) is 18.7. The van der Waals surface area contributed by atoms with E-state index in [0.29, 0.717) is 6.61 Å². The maximum atomic E-state index is 6.13. The first-order chi connectivity index (χ1) is 12.1. The Balaban J connectivity index is 1.44. The fraction of sp³-hybridized carbons (Fsp3) is 0.700. The highest BCUT2D eigenvalue weighted by Gasteiger charge is 2.51. The molecule has 0 N–H and O–H groups in total. The molecule has 1 aromatic carbocycles. The second-order valence-electron chi connectivity index (χ2n) is 9.03. The Bertz CT molecular complexity index is 653. The third-order valence-corrected chi connectivity index (χ3v) is 6.03.